The van der Waals surface area contributed by atoms with Gasteiger partial charge in [0, 0.05) is 0 Å². The number of para-hydroxylation sites is 1. The summed E-state index contributed by atoms with van der Waals surface area (Å²) in [5.41, 5.74) is 0.924. The molecule has 0 unspecified atom stereocenters. The van der Waals surface area contributed by atoms with E-state index in [9.17, 15) is 13.5 Å². The number of ether oxygens (including phenoxy) is 2. The summed E-state index contributed by atoms with van der Waals surface area (Å²) in [5.74, 6) is 1.17. The first kappa shape index (κ1) is 25.8. The normalized spacial score (nSPS) is 11.8. The van der Waals surface area contributed by atoms with Gasteiger partial charge >= 0.3 is 0 Å². The first-order valence-electron chi connectivity index (χ1n) is 10.6. The van der Waals surface area contributed by atoms with Crippen molar-refractivity contribution in [2.45, 2.75) is 47.8 Å². The Balaban J connectivity index is 2.05. The van der Waals surface area contributed by atoms with E-state index < -0.39 is 10.0 Å². The number of hydrogen-bond acceptors (Lipinski definition) is 8. The number of aromatic nitrogens is 2. The molecule has 0 aliphatic rings. The molecule has 0 saturated carbocycles. The van der Waals surface area contributed by atoms with Crippen LogP contribution in [-0.2, 0) is 15.4 Å². The predicted molar refractivity (Wildman–Crippen MR) is 132 cm³/mol. The molecule has 0 fully saturated rings. The van der Waals surface area contributed by atoms with Gasteiger partial charge in [0.1, 0.15) is 23.1 Å². The van der Waals surface area contributed by atoms with Crippen LogP contribution >= 0.6 is 11.8 Å². The third kappa shape index (κ3) is 6.19. The van der Waals surface area contributed by atoms with E-state index in [1.807, 2.05) is 18.2 Å². The van der Waals surface area contributed by atoms with Crippen molar-refractivity contribution in [1.29, 1.82) is 0 Å². The Hall–Kier alpha value is -2.82. The van der Waals surface area contributed by atoms with Crippen molar-refractivity contribution in [2.75, 3.05) is 25.0 Å². The van der Waals surface area contributed by atoms with Gasteiger partial charge in [-0.05, 0) is 42.2 Å². The molecule has 0 amide bonds. The fraction of sp³-hybridized carbons (Fsp3) is 0.333. The van der Waals surface area contributed by atoms with Crippen molar-refractivity contribution >= 4 is 27.6 Å². The second kappa shape index (κ2) is 10.6. The monoisotopic (exact) mass is 503 g/mol. The van der Waals surface area contributed by atoms with Crippen molar-refractivity contribution in [3.63, 3.8) is 0 Å². The summed E-state index contributed by atoms with van der Waals surface area (Å²) in [6, 6.07) is 14.1. The minimum atomic E-state index is -3.95. The Morgan fingerprint density at radius 3 is 2.35 bits per heavy atom. The number of aliphatic hydroxyl groups excluding tert-OH is 1. The molecule has 0 spiro atoms. The average Bonchev–Trinajstić information content (AvgIpc) is 2.79. The number of nitrogens with zero attached hydrogens (tertiary/aromatic N) is 2. The minimum absolute atomic E-state index is 0.00358. The van der Waals surface area contributed by atoms with Crippen LogP contribution in [0.5, 0.6) is 11.6 Å². The van der Waals surface area contributed by atoms with Gasteiger partial charge in [0.15, 0.2) is 5.82 Å². The molecule has 0 bridgehead atoms. The van der Waals surface area contributed by atoms with Crippen LogP contribution in [0.3, 0.4) is 0 Å². The molecule has 0 saturated heterocycles. The molecule has 34 heavy (non-hydrogen) atoms. The molecule has 2 N–H and O–H groups in total. The van der Waals surface area contributed by atoms with Gasteiger partial charge in [-0.25, -0.2) is 13.4 Å². The molecule has 1 aromatic heterocycles. The number of methoxy groups -OCH3 is 1. The lowest BCUT2D eigenvalue weighted by Crippen LogP contribution is -2.17. The van der Waals surface area contributed by atoms with Crippen molar-refractivity contribution in [1.82, 2.24) is 9.97 Å². The van der Waals surface area contributed by atoms with Crippen molar-refractivity contribution in [3.05, 3.63) is 59.9 Å². The van der Waals surface area contributed by atoms with Gasteiger partial charge in [-0.15, -0.1) is 0 Å². The van der Waals surface area contributed by atoms with E-state index in [1.54, 1.807) is 44.4 Å². The lowest BCUT2D eigenvalue weighted by Gasteiger charge is -2.19. The highest BCUT2D eigenvalue weighted by molar-refractivity contribution is 7.99. The summed E-state index contributed by atoms with van der Waals surface area (Å²) in [7, 11) is -2.40. The van der Waals surface area contributed by atoms with E-state index in [2.05, 4.69) is 35.5 Å². The molecule has 0 radical (unpaired) electrons. The first-order chi connectivity index (χ1) is 16.0. The zero-order valence-electron chi connectivity index (χ0n) is 19.8. The molecule has 0 aliphatic carbocycles. The SMILES string of the molecule is COc1ccccc1Sc1c(NS(=O)(=O)c2ccc(C(C)(C)C)cc2)nc(C)nc1OCCO. The molecular weight excluding hydrogens is 474 g/mol. The first-order valence-corrected chi connectivity index (χ1v) is 12.9. The molecule has 10 heteroatoms. The summed E-state index contributed by atoms with van der Waals surface area (Å²) in [6.07, 6.45) is 0. The van der Waals surface area contributed by atoms with Gasteiger partial charge in [-0.3, -0.25) is 4.72 Å². The van der Waals surface area contributed by atoms with E-state index >= 15 is 0 Å². The molecule has 0 aliphatic heterocycles. The third-order valence-electron chi connectivity index (χ3n) is 4.82. The molecule has 8 nitrogen and oxygen atoms in total. The maximum atomic E-state index is 13.2. The smallest absolute Gasteiger partial charge is 0.263 e. The number of sulfonamides is 1. The van der Waals surface area contributed by atoms with E-state index in [4.69, 9.17) is 9.47 Å². The van der Waals surface area contributed by atoms with Gasteiger partial charge in [0.05, 0.1) is 23.5 Å². The molecule has 182 valence electrons. The number of rotatable bonds is 9. The van der Waals surface area contributed by atoms with Gasteiger partial charge < -0.3 is 14.6 Å². The van der Waals surface area contributed by atoms with Gasteiger partial charge in [0.2, 0.25) is 5.88 Å². The highest BCUT2D eigenvalue weighted by Crippen LogP contribution is 2.42. The second-order valence-corrected chi connectivity index (χ2v) is 11.2. The van der Waals surface area contributed by atoms with Crippen LogP contribution in [0.2, 0.25) is 0 Å². The van der Waals surface area contributed by atoms with Crippen LogP contribution in [0.15, 0.2) is 63.2 Å². The van der Waals surface area contributed by atoms with Crippen LogP contribution in [0.1, 0.15) is 32.2 Å². The molecule has 0 atom stereocenters. The van der Waals surface area contributed by atoms with Crippen molar-refractivity contribution < 1.29 is 23.0 Å². The molecule has 2 aromatic carbocycles. The highest BCUT2D eigenvalue weighted by atomic mass is 32.2. The largest absolute Gasteiger partial charge is 0.496 e. The minimum Gasteiger partial charge on any atom is -0.496 e. The van der Waals surface area contributed by atoms with Crippen LogP contribution in [0, 0.1) is 6.92 Å². The number of hydrogen-bond donors (Lipinski definition) is 2. The number of nitrogens with one attached hydrogen (secondary N) is 1. The van der Waals surface area contributed by atoms with E-state index in [0.717, 1.165) is 10.5 Å². The van der Waals surface area contributed by atoms with E-state index in [1.165, 1.54) is 11.8 Å². The molecule has 3 aromatic rings. The van der Waals surface area contributed by atoms with Crippen molar-refractivity contribution in [2.24, 2.45) is 0 Å². The van der Waals surface area contributed by atoms with Gasteiger partial charge in [-0.1, -0.05) is 56.8 Å². The number of benzene rings is 2. The topological polar surface area (TPSA) is 111 Å². The Kier molecular flexibility index (Phi) is 8.06. The standard InChI is InChI=1S/C24H29N3O5S2/c1-16-25-22(27-34(29,30)18-12-10-17(11-13-18)24(2,3)4)21(23(26-16)32-15-14-28)33-20-9-7-6-8-19(20)31-5/h6-13,28H,14-15H2,1-5H3,(H,25,26,27). The van der Waals surface area contributed by atoms with Crippen LogP contribution in [0.4, 0.5) is 5.82 Å². The van der Waals surface area contributed by atoms with Gasteiger partial charge in [-0.2, -0.15) is 4.98 Å². The van der Waals surface area contributed by atoms with Crippen molar-refractivity contribution in [3.8, 4) is 11.6 Å². The van der Waals surface area contributed by atoms with Crippen LogP contribution in [-0.4, -0.2) is 43.8 Å². The fourth-order valence-corrected chi connectivity index (χ4v) is 5.15. The number of anilines is 1. The Morgan fingerprint density at radius 2 is 1.74 bits per heavy atom. The van der Waals surface area contributed by atoms with Crippen LogP contribution < -0.4 is 14.2 Å². The lowest BCUT2D eigenvalue weighted by molar-refractivity contribution is 0.193. The maximum absolute atomic E-state index is 13.2. The summed E-state index contributed by atoms with van der Waals surface area (Å²) in [6.45, 7) is 7.60. The summed E-state index contributed by atoms with van der Waals surface area (Å²) in [5, 5.41) is 9.24. The number of aryl methyl sites for hydroxylation is 1. The molecule has 3 rings (SSSR count). The van der Waals surface area contributed by atoms with E-state index in [-0.39, 0.29) is 35.2 Å². The molecular formula is C24H29N3O5S2. The zero-order valence-corrected chi connectivity index (χ0v) is 21.5. The third-order valence-corrected chi connectivity index (χ3v) is 7.30. The lowest BCUT2D eigenvalue weighted by atomic mass is 9.87. The summed E-state index contributed by atoms with van der Waals surface area (Å²) < 4.78 is 40.1. The summed E-state index contributed by atoms with van der Waals surface area (Å²) >= 11 is 1.21. The van der Waals surface area contributed by atoms with E-state index in [0.29, 0.717) is 16.5 Å². The number of aliphatic hydroxyl groups is 1. The summed E-state index contributed by atoms with van der Waals surface area (Å²) in [4.78, 5) is 9.88. The van der Waals surface area contributed by atoms with Crippen LogP contribution in [0.25, 0.3) is 0 Å². The molecule has 1 heterocycles. The Morgan fingerprint density at radius 1 is 1.06 bits per heavy atom. The maximum Gasteiger partial charge on any atom is 0.263 e. The second-order valence-electron chi connectivity index (χ2n) is 8.46. The predicted octanol–water partition coefficient (Wildman–Crippen LogP) is 4.41. The fourth-order valence-electron chi connectivity index (χ4n) is 3.07. The quantitative estimate of drug-likeness (QED) is 0.442. The average molecular weight is 504 g/mol. The Bertz CT molecular complexity index is 1240. The highest BCUT2D eigenvalue weighted by Gasteiger charge is 2.24. The zero-order chi connectivity index (χ0) is 24.9. The Labute approximate surface area is 204 Å². The van der Waals surface area contributed by atoms with Gasteiger partial charge in [0.25, 0.3) is 10.0 Å².